The normalized spacial score (nSPS) is 35.0. The van der Waals surface area contributed by atoms with Crippen LogP contribution in [-0.4, -0.2) is 47.8 Å². The Labute approximate surface area is 158 Å². The summed E-state index contributed by atoms with van der Waals surface area (Å²) in [5, 5.41) is 3.89. The van der Waals surface area contributed by atoms with E-state index in [4.69, 9.17) is 9.29 Å². The quantitative estimate of drug-likeness (QED) is 0.361. The lowest BCUT2D eigenvalue weighted by Gasteiger charge is -2.59. The number of carboxylic acid groups (broad SMARTS) is 1. The Hall–Kier alpha value is -1.43. The van der Waals surface area contributed by atoms with E-state index in [1.165, 1.54) is 0 Å². The lowest BCUT2D eigenvalue weighted by Crippen LogP contribution is -2.58. The zero-order chi connectivity index (χ0) is 21.2. The fourth-order valence-corrected chi connectivity index (χ4v) is 5.99. The number of halogens is 4. The molecule has 2 atom stereocenters. The van der Waals surface area contributed by atoms with E-state index in [1.807, 2.05) is 0 Å². The lowest BCUT2D eigenvalue weighted by molar-refractivity contribution is -0.196. The Balaban J connectivity index is 1.68. The number of aliphatic carboxylic acids is 1. The maximum absolute atomic E-state index is 13.5. The van der Waals surface area contributed by atoms with Crippen LogP contribution in [0.5, 0.6) is 0 Å². The molecule has 0 aromatic rings. The maximum atomic E-state index is 13.5. The molecule has 2 N–H and O–H groups in total. The van der Waals surface area contributed by atoms with Crippen molar-refractivity contribution in [3.8, 4) is 0 Å². The molecule has 7 nitrogen and oxygen atoms in total. The van der Waals surface area contributed by atoms with E-state index in [2.05, 4.69) is 0 Å². The molecule has 160 valence electrons. The fourth-order valence-electron chi connectivity index (χ4n) is 5.51. The van der Waals surface area contributed by atoms with Crippen molar-refractivity contribution in [1.29, 1.82) is 0 Å². The van der Waals surface area contributed by atoms with Crippen molar-refractivity contribution in [3.63, 3.8) is 0 Å². The highest BCUT2D eigenvalue weighted by atomic mass is 32.2. The topological polar surface area (TPSA) is 118 Å². The van der Waals surface area contributed by atoms with Gasteiger partial charge in [0.05, 0.1) is 23.9 Å². The summed E-state index contributed by atoms with van der Waals surface area (Å²) >= 11 is 0. The van der Waals surface area contributed by atoms with Crippen molar-refractivity contribution in [2.45, 2.75) is 56.1 Å². The Morgan fingerprint density at radius 3 is 2.00 bits per heavy atom. The van der Waals surface area contributed by atoms with Crippen LogP contribution in [0, 0.1) is 22.7 Å². The van der Waals surface area contributed by atoms with Crippen LogP contribution in [0.1, 0.15) is 44.9 Å². The highest BCUT2D eigenvalue weighted by Crippen LogP contribution is 2.65. The van der Waals surface area contributed by atoms with E-state index in [-0.39, 0.29) is 18.3 Å². The fraction of sp³-hybridized carbons (Fsp3) is 0.875. The summed E-state index contributed by atoms with van der Waals surface area (Å²) in [6.07, 6.45) is 0.572. The van der Waals surface area contributed by atoms with Gasteiger partial charge in [-0.3, -0.25) is 14.1 Å². The molecule has 28 heavy (non-hydrogen) atoms. The number of alkyl halides is 4. The molecule has 0 amide bonds. The second-order valence-electron chi connectivity index (χ2n) is 8.41. The maximum Gasteiger partial charge on any atom is 0.431 e. The first-order valence-corrected chi connectivity index (χ1v) is 10.2. The first-order valence-electron chi connectivity index (χ1n) is 8.77. The van der Waals surface area contributed by atoms with E-state index in [1.54, 1.807) is 0 Å². The van der Waals surface area contributed by atoms with Gasteiger partial charge in [0.15, 0.2) is 0 Å². The minimum absolute atomic E-state index is 0.00444. The monoisotopic (exact) mass is 432 g/mol. The third-order valence-electron chi connectivity index (χ3n) is 6.35. The number of ether oxygens (including phenoxy) is 1. The van der Waals surface area contributed by atoms with E-state index < -0.39 is 57.1 Å². The number of hydrogen-bond donors (Lipinski definition) is 2. The third-order valence-corrected chi connectivity index (χ3v) is 7.29. The molecular formula is C16H20F4O7S. The van der Waals surface area contributed by atoms with Crippen molar-refractivity contribution in [2.24, 2.45) is 22.7 Å². The molecule has 0 radical (unpaired) electrons. The number of esters is 1. The van der Waals surface area contributed by atoms with Crippen molar-refractivity contribution in [1.82, 2.24) is 0 Å². The second-order valence-corrected chi connectivity index (χ2v) is 9.87. The number of carbonyl (C=O) groups excluding carboxylic acids is 1. The Bertz CT molecular complexity index is 781. The van der Waals surface area contributed by atoms with Gasteiger partial charge in [0.2, 0.25) is 0 Å². The molecule has 0 saturated heterocycles. The lowest BCUT2D eigenvalue weighted by atomic mass is 9.44. The van der Waals surface area contributed by atoms with Crippen LogP contribution in [0.25, 0.3) is 0 Å². The summed E-state index contributed by atoms with van der Waals surface area (Å²) in [6, 6.07) is 0. The van der Waals surface area contributed by atoms with E-state index in [0.29, 0.717) is 25.7 Å². The third kappa shape index (κ3) is 3.17. The van der Waals surface area contributed by atoms with Crippen molar-refractivity contribution in [3.05, 3.63) is 0 Å². The van der Waals surface area contributed by atoms with Gasteiger partial charge in [-0.05, 0) is 50.4 Å². The molecule has 4 rings (SSSR count). The average Bonchev–Trinajstić information content (AvgIpc) is 2.52. The van der Waals surface area contributed by atoms with Crippen LogP contribution in [0.2, 0.25) is 0 Å². The van der Waals surface area contributed by atoms with E-state index >= 15 is 0 Å². The largest absolute Gasteiger partial charge is 0.481 e. The molecule has 2 unspecified atom stereocenters. The second kappa shape index (κ2) is 6.28. The number of rotatable bonds is 7. The van der Waals surface area contributed by atoms with Crippen molar-refractivity contribution >= 4 is 22.1 Å². The molecule has 4 aliphatic carbocycles. The zero-order valence-corrected chi connectivity index (χ0v) is 15.5. The van der Waals surface area contributed by atoms with Gasteiger partial charge in [0.1, 0.15) is 0 Å². The summed E-state index contributed by atoms with van der Waals surface area (Å²) in [6.45, 7) is -1.19. The SMILES string of the molecule is O=C(O)C12CC3CC(C1)CC(C(=O)OCCC(F)(F)C(F)(F)S(=O)(=O)O)(C3)C2. The number of carboxylic acids is 1. The van der Waals surface area contributed by atoms with Crippen molar-refractivity contribution < 1.29 is 50.0 Å². The predicted molar refractivity (Wildman–Crippen MR) is 84.2 cm³/mol. The summed E-state index contributed by atoms with van der Waals surface area (Å²) < 4.78 is 87.5. The molecule has 4 bridgehead atoms. The molecule has 4 saturated carbocycles. The van der Waals surface area contributed by atoms with Gasteiger partial charge in [0.25, 0.3) is 0 Å². The first-order chi connectivity index (χ1) is 12.6. The van der Waals surface area contributed by atoms with Gasteiger partial charge >= 0.3 is 33.2 Å². The average molecular weight is 432 g/mol. The van der Waals surface area contributed by atoms with E-state index in [9.17, 15) is 40.7 Å². The van der Waals surface area contributed by atoms with Crippen molar-refractivity contribution in [2.75, 3.05) is 6.61 Å². The molecule has 4 aliphatic rings. The molecule has 0 aliphatic heterocycles. The van der Waals surface area contributed by atoms with Gasteiger partial charge in [-0.15, -0.1) is 0 Å². The standard InChI is InChI=1S/C16H20F4O7S/c17-15(18,16(19,20)28(24,25)26)1-2-27-12(23)14-6-9-3-10(7-14)5-13(4-9,8-14)11(21)22/h9-10H,1-8H2,(H,21,22)(H,24,25,26). The van der Waals surface area contributed by atoms with Crippen LogP contribution >= 0.6 is 0 Å². The first kappa shape index (κ1) is 21.3. The zero-order valence-electron chi connectivity index (χ0n) is 14.7. The van der Waals surface area contributed by atoms with Crippen LogP contribution in [0.15, 0.2) is 0 Å². The van der Waals surface area contributed by atoms with Gasteiger partial charge in [-0.1, -0.05) is 0 Å². The Morgan fingerprint density at radius 2 is 1.54 bits per heavy atom. The van der Waals surface area contributed by atoms with Gasteiger partial charge < -0.3 is 9.84 Å². The molecular weight excluding hydrogens is 412 g/mol. The molecule has 0 heterocycles. The molecule has 0 aromatic carbocycles. The smallest absolute Gasteiger partial charge is 0.431 e. The predicted octanol–water partition coefficient (Wildman–Crippen LogP) is 2.71. The van der Waals surface area contributed by atoms with Crippen LogP contribution in [0.3, 0.4) is 0 Å². The Kier molecular flexibility index (Phi) is 4.78. The number of carbonyl (C=O) groups is 2. The molecule has 0 aromatic heterocycles. The van der Waals surface area contributed by atoms with Gasteiger partial charge in [0, 0.05) is 0 Å². The summed E-state index contributed by atoms with van der Waals surface area (Å²) in [7, 11) is -6.35. The molecule has 12 heteroatoms. The van der Waals surface area contributed by atoms with Crippen LogP contribution < -0.4 is 0 Å². The molecule has 4 fully saturated rings. The summed E-state index contributed by atoms with van der Waals surface area (Å²) in [4.78, 5) is 24.3. The highest BCUT2D eigenvalue weighted by molar-refractivity contribution is 7.87. The highest BCUT2D eigenvalue weighted by Gasteiger charge is 2.66. The van der Waals surface area contributed by atoms with E-state index in [0.717, 1.165) is 6.42 Å². The number of hydrogen-bond acceptors (Lipinski definition) is 5. The Morgan fingerprint density at radius 1 is 1.04 bits per heavy atom. The molecule has 0 spiro atoms. The summed E-state index contributed by atoms with van der Waals surface area (Å²) in [5.41, 5.74) is -2.21. The minimum Gasteiger partial charge on any atom is -0.481 e. The van der Waals surface area contributed by atoms with Crippen LogP contribution in [0.4, 0.5) is 17.6 Å². The van der Waals surface area contributed by atoms with Crippen LogP contribution in [-0.2, 0) is 24.4 Å². The minimum atomic E-state index is -6.35. The summed E-state index contributed by atoms with van der Waals surface area (Å²) in [5.74, 6) is -7.09. The van der Waals surface area contributed by atoms with Gasteiger partial charge in [-0.25, -0.2) is 0 Å². The van der Waals surface area contributed by atoms with Gasteiger partial charge in [-0.2, -0.15) is 26.0 Å².